The van der Waals surface area contributed by atoms with Crippen LogP contribution in [0.5, 0.6) is 11.5 Å². The lowest BCUT2D eigenvalue weighted by molar-refractivity contribution is 0.196. The Balaban J connectivity index is 2.77. The molecule has 0 spiro atoms. The number of urea groups is 1. The number of rotatable bonds is 6. The fourth-order valence-corrected chi connectivity index (χ4v) is 1.21. The standard InChI is InChI=1S/C11H15N3O4/c1-17-10-6-8(7-13-14-11(12)16)2-3-9(10)18-5-4-15/h2-3,6-7,15H,4-5H2,1H3,(H3,12,14,16). The number of amides is 2. The van der Waals surface area contributed by atoms with Crippen molar-refractivity contribution in [2.24, 2.45) is 10.8 Å². The molecule has 98 valence electrons. The van der Waals surface area contributed by atoms with Gasteiger partial charge in [-0.3, -0.25) is 0 Å². The zero-order valence-electron chi connectivity index (χ0n) is 9.92. The van der Waals surface area contributed by atoms with Gasteiger partial charge in [-0.2, -0.15) is 5.10 Å². The van der Waals surface area contributed by atoms with Gasteiger partial charge in [-0.1, -0.05) is 0 Å². The van der Waals surface area contributed by atoms with E-state index in [1.54, 1.807) is 18.2 Å². The smallest absolute Gasteiger partial charge is 0.332 e. The van der Waals surface area contributed by atoms with E-state index in [2.05, 4.69) is 10.5 Å². The van der Waals surface area contributed by atoms with Crippen molar-refractivity contribution in [1.82, 2.24) is 5.43 Å². The number of hydrogen-bond acceptors (Lipinski definition) is 5. The van der Waals surface area contributed by atoms with Crippen LogP contribution in [0.25, 0.3) is 0 Å². The highest BCUT2D eigenvalue weighted by molar-refractivity contribution is 5.82. The summed E-state index contributed by atoms with van der Waals surface area (Å²) in [5, 5.41) is 12.3. The van der Waals surface area contributed by atoms with Crippen molar-refractivity contribution in [2.75, 3.05) is 20.3 Å². The molecule has 0 bridgehead atoms. The van der Waals surface area contributed by atoms with Crippen molar-refractivity contribution in [2.45, 2.75) is 0 Å². The van der Waals surface area contributed by atoms with Crippen LogP contribution in [-0.4, -0.2) is 37.7 Å². The van der Waals surface area contributed by atoms with Gasteiger partial charge in [-0.25, -0.2) is 10.2 Å². The van der Waals surface area contributed by atoms with Crippen LogP contribution in [0.15, 0.2) is 23.3 Å². The lowest BCUT2D eigenvalue weighted by Crippen LogP contribution is -2.24. The maximum atomic E-state index is 10.4. The van der Waals surface area contributed by atoms with Crippen LogP contribution in [0.2, 0.25) is 0 Å². The van der Waals surface area contributed by atoms with E-state index in [4.69, 9.17) is 20.3 Å². The highest BCUT2D eigenvalue weighted by Crippen LogP contribution is 2.27. The Kier molecular flexibility index (Phi) is 5.46. The van der Waals surface area contributed by atoms with Crippen LogP contribution in [-0.2, 0) is 0 Å². The average Bonchev–Trinajstić information content (AvgIpc) is 2.36. The number of benzene rings is 1. The number of hydrazone groups is 1. The second-order valence-corrected chi connectivity index (χ2v) is 3.22. The summed E-state index contributed by atoms with van der Waals surface area (Å²) in [6.07, 6.45) is 1.42. The summed E-state index contributed by atoms with van der Waals surface area (Å²) in [4.78, 5) is 10.4. The number of nitrogens with one attached hydrogen (secondary N) is 1. The molecule has 0 aliphatic heterocycles. The number of primary amides is 1. The molecule has 0 unspecified atom stereocenters. The zero-order chi connectivity index (χ0) is 13.4. The fourth-order valence-electron chi connectivity index (χ4n) is 1.21. The summed E-state index contributed by atoms with van der Waals surface area (Å²) in [6, 6.07) is 4.35. The summed E-state index contributed by atoms with van der Waals surface area (Å²) in [6.45, 7) is 0.113. The van der Waals surface area contributed by atoms with Gasteiger partial charge in [0, 0.05) is 0 Å². The van der Waals surface area contributed by atoms with Crippen molar-refractivity contribution < 1.29 is 19.4 Å². The van der Waals surface area contributed by atoms with E-state index in [0.29, 0.717) is 17.1 Å². The molecular weight excluding hydrogens is 238 g/mol. The van der Waals surface area contributed by atoms with Gasteiger partial charge in [0.2, 0.25) is 0 Å². The number of nitrogens with zero attached hydrogens (tertiary/aromatic N) is 1. The van der Waals surface area contributed by atoms with E-state index in [-0.39, 0.29) is 13.2 Å². The summed E-state index contributed by atoms with van der Waals surface area (Å²) in [5.74, 6) is 1.03. The summed E-state index contributed by atoms with van der Waals surface area (Å²) in [5.41, 5.74) is 7.65. The monoisotopic (exact) mass is 253 g/mol. The Hall–Kier alpha value is -2.28. The van der Waals surface area contributed by atoms with Crippen molar-refractivity contribution in [3.63, 3.8) is 0 Å². The number of aliphatic hydroxyl groups is 1. The van der Waals surface area contributed by atoms with Gasteiger partial charge in [0.15, 0.2) is 11.5 Å². The van der Waals surface area contributed by atoms with E-state index >= 15 is 0 Å². The van der Waals surface area contributed by atoms with E-state index < -0.39 is 6.03 Å². The minimum absolute atomic E-state index is 0.0745. The third-order valence-electron chi connectivity index (χ3n) is 1.92. The Bertz CT molecular complexity index is 434. The number of aliphatic hydroxyl groups excluding tert-OH is 1. The molecule has 0 fully saturated rings. The summed E-state index contributed by atoms with van der Waals surface area (Å²) >= 11 is 0. The number of ether oxygens (including phenoxy) is 2. The molecule has 0 radical (unpaired) electrons. The number of methoxy groups -OCH3 is 1. The lowest BCUT2D eigenvalue weighted by Gasteiger charge is -2.09. The average molecular weight is 253 g/mol. The van der Waals surface area contributed by atoms with Crippen LogP contribution in [0.4, 0.5) is 4.79 Å². The van der Waals surface area contributed by atoms with Crippen LogP contribution in [0, 0.1) is 0 Å². The lowest BCUT2D eigenvalue weighted by atomic mass is 10.2. The van der Waals surface area contributed by atoms with Gasteiger partial charge in [-0.15, -0.1) is 0 Å². The molecule has 0 aliphatic carbocycles. The minimum Gasteiger partial charge on any atom is -0.493 e. The first-order chi connectivity index (χ1) is 8.67. The Morgan fingerprint density at radius 2 is 2.33 bits per heavy atom. The number of hydrogen-bond donors (Lipinski definition) is 3. The molecule has 1 aromatic carbocycles. The van der Waals surface area contributed by atoms with E-state index in [0.717, 1.165) is 0 Å². The topological polar surface area (TPSA) is 106 Å². The van der Waals surface area contributed by atoms with E-state index in [1.807, 2.05) is 0 Å². The second kappa shape index (κ2) is 7.13. The largest absolute Gasteiger partial charge is 0.493 e. The van der Waals surface area contributed by atoms with Gasteiger partial charge in [0.1, 0.15) is 6.61 Å². The third-order valence-corrected chi connectivity index (χ3v) is 1.92. The molecule has 4 N–H and O–H groups in total. The maximum absolute atomic E-state index is 10.4. The van der Waals surface area contributed by atoms with E-state index in [1.165, 1.54) is 13.3 Å². The van der Waals surface area contributed by atoms with Crippen molar-refractivity contribution >= 4 is 12.2 Å². The molecule has 0 saturated heterocycles. The van der Waals surface area contributed by atoms with Gasteiger partial charge in [-0.05, 0) is 23.8 Å². The first-order valence-corrected chi connectivity index (χ1v) is 5.17. The molecule has 7 heteroatoms. The zero-order valence-corrected chi connectivity index (χ0v) is 9.92. The Morgan fingerprint density at radius 3 is 2.94 bits per heavy atom. The predicted molar refractivity (Wildman–Crippen MR) is 65.9 cm³/mol. The van der Waals surface area contributed by atoms with Crippen molar-refractivity contribution in [3.05, 3.63) is 23.8 Å². The SMILES string of the molecule is COc1cc(C=NNC(N)=O)ccc1OCCO. The molecule has 0 aromatic heterocycles. The van der Waals surface area contributed by atoms with Crippen LogP contribution < -0.4 is 20.6 Å². The van der Waals surface area contributed by atoms with E-state index in [9.17, 15) is 4.79 Å². The molecular formula is C11H15N3O4. The first-order valence-electron chi connectivity index (χ1n) is 5.17. The second-order valence-electron chi connectivity index (χ2n) is 3.22. The molecule has 1 rings (SSSR count). The quantitative estimate of drug-likeness (QED) is 0.492. The minimum atomic E-state index is -0.735. The van der Waals surface area contributed by atoms with Crippen LogP contribution >= 0.6 is 0 Å². The Labute approximate surface area is 104 Å². The highest BCUT2D eigenvalue weighted by atomic mass is 16.5. The molecule has 0 heterocycles. The van der Waals surface area contributed by atoms with Gasteiger partial charge in [0.25, 0.3) is 0 Å². The number of carbonyl (C=O) groups excluding carboxylic acids is 1. The van der Waals surface area contributed by atoms with Gasteiger partial charge >= 0.3 is 6.03 Å². The molecule has 0 aliphatic rings. The fraction of sp³-hybridized carbons (Fsp3) is 0.273. The predicted octanol–water partition coefficient (Wildman–Crippen LogP) is 0.0685. The van der Waals surface area contributed by atoms with Crippen LogP contribution in [0.3, 0.4) is 0 Å². The van der Waals surface area contributed by atoms with Crippen LogP contribution in [0.1, 0.15) is 5.56 Å². The normalized spacial score (nSPS) is 10.3. The summed E-state index contributed by atoms with van der Waals surface area (Å²) in [7, 11) is 1.50. The molecule has 0 atom stereocenters. The summed E-state index contributed by atoms with van der Waals surface area (Å²) < 4.78 is 10.4. The number of carbonyl (C=O) groups is 1. The van der Waals surface area contributed by atoms with Crippen molar-refractivity contribution in [1.29, 1.82) is 0 Å². The molecule has 7 nitrogen and oxygen atoms in total. The van der Waals surface area contributed by atoms with Crippen molar-refractivity contribution in [3.8, 4) is 11.5 Å². The van der Waals surface area contributed by atoms with Gasteiger partial charge in [0.05, 0.1) is 19.9 Å². The van der Waals surface area contributed by atoms with Gasteiger partial charge < -0.3 is 20.3 Å². The third kappa shape index (κ3) is 4.30. The number of nitrogens with two attached hydrogens (primary N) is 1. The highest BCUT2D eigenvalue weighted by Gasteiger charge is 2.04. The molecule has 2 amide bonds. The first kappa shape index (κ1) is 13.8. The molecule has 1 aromatic rings. The Morgan fingerprint density at radius 1 is 1.56 bits per heavy atom. The molecule has 0 saturated carbocycles. The molecule has 18 heavy (non-hydrogen) atoms. The maximum Gasteiger partial charge on any atom is 0.332 e.